The Hall–Kier alpha value is -8.25. The van der Waals surface area contributed by atoms with Gasteiger partial charge in [0.15, 0.2) is 17.5 Å². The van der Waals surface area contributed by atoms with Crippen LogP contribution in [-0.4, -0.2) is 129 Å². The monoisotopic (exact) mass is 941 g/mol. The molecule has 25 heteroatoms. The molecule has 68 heavy (non-hydrogen) atoms. The van der Waals surface area contributed by atoms with Crippen LogP contribution in [0.4, 0.5) is 27.8 Å². The first-order valence-electron chi connectivity index (χ1n) is 21.3. The number of rotatable bonds is 17. The molecule has 0 saturated carbocycles. The molecule has 0 atom stereocenters. The molecule has 25 nitrogen and oxygen atoms in total. The normalized spacial score (nSPS) is 12.9. The van der Waals surface area contributed by atoms with Crippen molar-refractivity contribution in [3.05, 3.63) is 78.2 Å². The Bertz CT molecular complexity index is 2760. The zero-order valence-corrected chi connectivity index (χ0v) is 39.2. The van der Waals surface area contributed by atoms with Crippen molar-refractivity contribution < 1.29 is 47.8 Å². The number of hydrogen-bond donors (Lipinski definition) is 6. The molecule has 0 unspecified atom stereocenters. The largest absolute Gasteiger partial charge is 0.460 e. The Morgan fingerprint density at radius 3 is 1.76 bits per heavy atom. The third kappa shape index (κ3) is 12.0. The van der Waals surface area contributed by atoms with Crippen molar-refractivity contribution in [2.24, 2.45) is 40.7 Å². The summed E-state index contributed by atoms with van der Waals surface area (Å²) >= 11 is 0. The number of ether oxygens (including phenoxy) is 2. The van der Waals surface area contributed by atoms with E-state index in [9.17, 15) is 38.4 Å². The van der Waals surface area contributed by atoms with Crippen molar-refractivity contribution in [1.29, 1.82) is 0 Å². The van der Waals surface area contributed by atoms with E-state index >= 15 is 0 Å². The van der Waals surface area contributed by atoms with Crippen LogP contribution in [0, 0.1) is 5.41 Å². The molecule has 7 amide bonds. The molecule has 0 bridgehead atoms. The van der Waals surface area contributed by atoms with Crippen molar-refractivity contribution in [1.82, 2.24) is 53.3 Å². The number of anilines is 4. The number of imidazole rings is 3. The van der Waals surface area contributed by atoms with E-state index in [1.165, 1.54) is 60.1 Å². The fourth-order valence-electron chi connectivity index (χ4n) is 7.30. The van der Waals surface area contributed by atoms with Gasteiger partial charge in [-0.1, -0.05) is 0 Å². The highest BCUT2D eigenvalue weighted by Crippen LogP contribution is 2.35. The quantitative estimate of drug-likeness (QED) is 0.0729. The minimum Gasteiger partial charge on any atom is -0.460 e. The molecule has 1 aliphatic rings. The average Bonchev–Trinajstić information content (AvgIpc) is 4.07. The van der Waals surface area contributed by atoms with E-state index in [1.807, 2.05) is 0 Å². The molecular formula is C43H55N15O10. The van der Waals surface area contributed by atoms with Gasteiger partial charge in [-0.3, -0.25) is 28.8 Å². The molecule has 6 heterocycles. The molecule has 1 saturated heterocycles. The van der Waals surface area contributed by atoms with Crippen LogP contribution in [0.25, 0.3) is 0 Å². The Kier molecular flexibility index (Phi) is 14.5. The number of carbonyl (C=O) groups is 8. The van der Waals surface area contributed by atoms with Crippen LogP contribution >= 0.6 is 0 Å². The summed E-state index contributed by atoms with van der Waals surface area (Å²) in [6.45, 7) is 7.17. The topological polar surface area (TPSA) is 294 Å². The number of hydrogen-bond acceptors (Lipinski definition) is 13. The van der Waals surface area contributed by atoms with Crippen molar-refractivity contribution >= 4 is 70.5 Å². The third-order valence-electron chi connectivity index (χ3n) is 10.5. The Balaban J connectivity index is 1.01. The molecule has 1 aliphatic heterocycles. The fraction of sp³-hybridized carbons (Fsp3) is 0.419. The summed E-state index contributed by atoms with van der Waals surface area (Å²) in [5, 5.41) is 16.3. The molecule has 0 aromatic carbocycles. The SMILES string of the molecule is CCOC(=O)c1nc(NC(=O)CC2(CNC(=O)c3cc(NC(=O)c4nc(NC(=O)CCNC(=O)c5cc(NC(=O)c6nccn6C)cn5C)cn4C)cn3C)CN(C(=O)OC(C)(C)C)C2)cn1C. The van der Waals surface area contributed by atoms with Gasteiger partial charge in [-0.25, -0.2) is 24.5 Å². The number of aromatic nitrogens is 8. The van der Waals surface area contributed by atoms with Crippen LogP contribution < -0.4 is 31.9 Å². The molecule has 6 rings (SSSR count). The summed E-state index contributed by atoms with van der Waals surface area (Å²) in [5.41, 5.74) is -0.587. The fourth-order valence-corrected chi connectivity index (χ4v) is 7.30. The highest BCUT2D eigenvalue weighted by Gasteiger charge is 2.48. The molecule has 5 aromatic rings. The first-order valence-corrected chi connectivity index (χ1v) is 21.3. The second kappa shape index (κ2) is 20.1. The summed E-state index contributed by atoms with van der Waals surface area (Å²) < 4.78 is 18.0. The van der Waals surface area contributed by atoms with E-state index in [0.29, 0.717) is 5.69 Å². The Labute approximate surface area is 389 Å². The van der Waals surface area contributed by atoms with Gasteiger partial charge in [0.1, 0.15) is 17.0 Å². The lowest BCUT2D eigenvalue weighted by Crippen LogP contribution is -2.64. The second-order valence-corrected chi connectivity index (χ2v) is 17.4. The molecular weight excluding hydrogens is 887 g/mol. The van der Waals surface area contributed by atoms with Gasteiger partial charge in [0.25, 0.3) is 23.6 Å². The molecule has 1 fully saturated rings. The van der Waals surface area contributed by atoms with E-state index in [-0.39, 0.29) is 91.8 Å². The minimum absolute atomic E-state index is 0.000179. The molecule has 0 aliphatic carbocycles. The van der Waals surface area contributed by atoms with Gasteiger partial charge in [0, 0.05) is 117 Å². The predicted molar refractivity (Wildman–Crippen MR) is 244 cm³/mol. The lowest BCUT2D eigenvalue weighted by atomic mass is 9.76. The highest BCUT2D eigenvalue weighted by atomic mass is 16.6. The van der Waals surface area contributed by atoms with Crippen LogP contribution in [0.3, 0.4) is 0 Å². The van der Waals surface area contributed by atoms with Gasteiger partial charge in [0.05, 0.1) is 18.0 Å². The van der Waals surface area contributed by atoms with Gasteiger partial charge in [-0.2, -0.15) is 0 Å². The van der Waals surface area contributed by atoms with E-state index in [4.69, 9.17) is 9.47 Å². The number of likely N-dealkylation sites (tertiary alicyclic amines) is 1. The summed E-state index contributed by atoms with van der Waals surface area (Å²) in [5.74, 6) is -3.32. The van der Waals surface area contributed by atoms with Crippen LogP contribution in [0.5, 0.6) is 0 Å². The first-order chi connectivity index (χ1) is 32.0. The average molecular weight is 942 g/mol. The van der Waals surface area contributed by atoms with E-state index in [2.05, 4.69) is 46.9 Å². The van der Waals surface area contributed by atoms with Crippen molar-refractivity contribution in [3.63, 3.8) is 0 Å². The van der Waals surface area contributed by atoms with E-state index in [0.717, 1.165) is 0 Å². The number of amides is 7. The standard InChI is InChI=1S/C43H55N15O10/c1-10-67-40(65)35-52-30(21-57(35)9)50-32(60)17-43(23-58(24-43)41(66)68-42(2,3)4)22-46-37(62)28-16-26(19-55(28)7)48-39(64)34-51-29(20-56(34)8)49-31(59)11-12-45-36(61)27-15-25(18-54(27)6)47-38(63)33-44-13-14-53(33)5/h13-16,18-21H,10-12,17,22-24H2,1-9H3,(H,45,61)(H,46,62)(H,47,63)(H,48,64)(H,49,59)(H,50,60). The zero-order chi connectivity index (χ0) is 49.7. The van der Waals surface area contributed by atoms with Crippen molar-refractivity contribution in [2.45, 2.75) is 46.1 Å². The maximum Gasteiger partial charge on any atom is 0.410 e. The van der Waals surface area contributed by atoms with Crippen molar-refractivity contribution in [2.75, 3.05) is 54.1 Å². The first kappa shape index (κ1) is 49.2. The lowest BCUT2D eigenvalue weighted by molar-refractivity contribution is -0.122. The van der Waals surface area contributed by atoms with E-state index < -0.39 is 58.5 Å². The zero-order valence-electron chi connectivity index (χ0n) is 39.2. The molecule has 5 aromatic heterocycles. The summed E-state index contributed by atoms with van der Waals surface area (Å²) in [7, 11) is 8.08. The van der Waals surface area contributed by atoms with Crippen LogP contribution in [-0.2, 0) is 54.3 Å². The Morgan fingerprint density at radius 2 is 1.21 bits per heavy atom. The summed E-state index contributed by atoms with van der Waals surface area (Å²) in [6.07, 6.45) is 8.33. The number of esters is 1. The van der Waals surface area contributed by atoms with Gasteiger partial charge in [0.2, 0.25) is 23.5 Å². The Morgan fingerprint density at radius 1 is 0.662 bits per heavy atom. The number of aryl methyl sites for hydroxylation is 5. The van der Waals surface area contributed by atoms with Crippen LogP contribution in [0.15, 0.2) is 49.3 Å². The summed E-state index contributed by atoms with van der Waals surface area (Å²) in [4.78, 5) is 118. The minimum atomic E-state index is -0.897. The number of carbonyl (C=O) groups excluding carboxylic acids is 8. The maximum atomic E-state index is 13.6. The number of nitrogens with one attached hydrogen (secondary N) is 6. The predicted octanol–water partition coefficient (Wildman–Crippen LogP) is 2.00. The van der Waals surface area contributed by atoms with Gasteiger partial charge >= 0.3 is 12.1 Å². The van der Waals surface area contributed by atoms with E-state index in [1.54, 1.807) is 79.9 Å². The summed E-state index contributed by atoms with van der Waals surface area (Å²) in [6, 6.07) is 2.95. The van der Waals surface area contributed by atoms with Gasteiger partial charge < -0.3 is 69.1 Å². The number of nitrogens with zero attached hydrogens (tertiary/aromatic N) is 9. The third-order valence-corrected chi connectivity index (χ3v) is 10.5. The highest BCUT2D eigenvalue weighted by molar-refractivity contribution is 6.04. The molecule has 0 radical (unpaired) electrons. The van der Waals surface area contributed by atoms with Crippen LogP contribution in [0.2, 0.25) is 0 Å². The molecule has 362 valence electrons. The molecule has 6 N–H and O–H groups in total. The lowest BCUT2D eigenvalue weighted by Gasteiger charge is -2.49. The smallest absolute Gasteiger partial charge is 0.410 e. The maximum absolute atomic E-state index is 13.6. The van der Waals surface area contributed by atoms with Crippen molar-refractivity contribution in [3.8, 4) is 0 Å². The molecule has 0 spiro atoms. The van der Waals surface area contributed by atoms with Gasteiger partial charge in [-0.15, -0.1) is 0 Å². The van der Waals surface area contributed by atoms with Gasteiger partial charge in [-0.05, 0) is 39.8 Å². The second-order valence-electron chi connectivity index (χ2n) is 17.4. The van der Waals surface area contributed by atoms with Crippen LogP contribution in [0.1, 0.15) is 93.4 Å².